The van der Waals surface area contributed by atoms with Crippen LogP contribution >= 0.6 is 0 Å². The Morgan fingerprint density at radius 1 is 1.29 bits per heavy atom. The molecule has 1 N–H and O–H groups in total. The van der Waals surface area contributed by atoms with E-state index in [1.165, 1.54) is 6.26 Å². The van der Waals surface area contributed by atoms with Crippen LogP contribution in [0.3, 0.4) is 0 Å². The fourth-order valence-electron chi connectivity index (χ4n) is 2.99. The highest BCUT2D eigenvalue weighted by Gasteiger charge is 2.40. The zero-order valence-corrected chi connectivity index (χ0v) is 11.7. The molecule has 0 unspecified atom stereocenters. The topological polar surface area (TPSA) is 89.4 Å². The van der Waals surface area contributed by atoms with E-state index in [1.807, 2.05) is 0 Å². The minimum atomic E-state index is -0.774. The number of hydrogen-bond donors (Lipinski definition) is 1. The molecule has 21 heavy (non-hydrogen) atoms. The Hall–Kier alpha value is -2.11. The van der Waals surface area contributed by atoms with Crippen molar-refractivity contribution in [1.29, 1.82) is 0 Å². The number of carboxylic acids is 1. The highest BCUT2D eigenvalue weighted by atomic mass is 16.5. The number of nitrogens with zero attached hydrogens (tertiary/aromatic N) is 2. The van der Waals surface area contributed by atoms with Crippen molar-refractivity contribution in [2.75, 3.05) is 0 Å². The fourth-order valence-corrected chi connectivity index (χ4v) is 2.99. The Balaban J connectivity index is 1.81. The van der Waals surface area contributed by atoms with Gasteiger partial charge in [-0.1, -0.05) is 30.8 Å². The average Bonchev–Trinajstić information content (AvgIpc) is 3.07. The van der Waals surface area contributed by atoms with Gasteiger partial charge in [-0.25, -0.2) is 0 Å². The van der Waals surface area contributed by atoms with Crippen molar-refractivity contribution >= 4 is 5.97 Å². The molecule has 1 fully saturated rings. The first-order valence-electron chi connectivity index (χ1n) is 7.29. The van der Waals surface area contributed by atoms with E-state index >= 15 is 0 Å². The molecular formula is C15H18N2O4. The number of furan rings is 1. The van der Waals surface area contributed by atoms with Crippen LogP contribution in [0.15, 0.2) is 27.3 Å². The minimum absolute atomic E-state index is 0.288. The van der Waals surface area contributed by atoms with E-state index in [4.69, 9.17) is 8.94 Å². The van der Waals surface area contributed by atoms with Crippen molar-refractivity contribution < 1.29 is 18.8 Å². The van der Waals surface area contributed by atoms with Crippen LogP contribution in [0.1, 0.15) is 44.4 Å². The molecule has 112 valence electrons. The first-order valence-corrected chi connectivity index (χ1v) is 7.29. The zero-order valence-electron chi connectivity index (χ0n) is 11.7. The van der Waals surface area contributed by atoms with Gasteiger partial charge in [0.05, 0.1) is 11.7 Å². The molecule has 2 heterocycles. The van der Waals surface area contributed by atoms with E-state index in [2.05, 4.69) is 10.1 Å². The molecule has 1 aliphatic carbocycles. The molecule has 1 saturated carbocycles. The Kier molecular flexibility index (Phi) is 3.77. The van der Waals surface area contributed by atoms with Gasteiger partial charge < -0.3 is 14.0 Å². The lowest BCUT2D eigenvalue weighted by Crippen LogP contribution is -2.33. The van der Waals surface area contributed by atoms with Crippen molar-refractivity contribution in [3.63, 3.8) is 0 Å². The molecule has 2 aromatic heterocycles. The van der Waals surface area contributed by atoms with Gasteiger partial charge in [0.2, 0.25) is 11.7 Å². The molecule has 2 aromatic rings. The normalized spacial score (nSPS) is 18.3. The van der Waals surface area contributed by atoms with Crippen LogP contribution in [-0.4, -0.2) is 21.2 Å². The summed E-state index contributed by atoms with van der Waals surface area (Å²) in [6.07, 6.45) is 7.22. The van der Waals surface area contributed by atoms with Crippen LogP contribution < -0.4 is 0 Å². The van der Waals surface area contributed by atoms with E-state index < -0.39 is 11.4 Å². The summed E-state index contributed by atoms with van der Waals surface area (Å²) in [4.78, 5) is 16.0. The summed E-state index contributed by atoms with van der Waals surface area (Å²) in [5, 5.41) is 13.5. The highest BCUT2D eigenvalue weighted by Crippen LogP contribution is 2.38. The van der Waals surface area contributed by atoms with Gasteiger partial charge in [0.15, 0.2) is 5.76 Å². The number of carbonyl (C=O) groups is 1. The predicted octanol–water partition coefficient (Wildman–Crippen LogP) is 3.30. The molecule has 0 atom stereocenters. The van der Waals surface area contributed by atoms with E-state index in [0.29, 0.717) is 30.3 Å². The maximum Gasteiger partial charge on any atom is 0.310 e. The average molecular weight is 290 g/mol. The van der Waals surface area contributed by atoms with Crippen LogP contribution in [0, 0.1) is 5.41 Å². The summed E-state index contributed by atoms with van der Waals surface area (Å²) in [6.45, 7) is 0. The molecule has 6 nitrogen and oxygen atoms in total. The van der Waals surface area contributed by atoms with Crippen LogP contribution in [0.2, 0.25) is 0 Å². The molecule has 1 aliphatic rings. The van der Waals surface area contributed by atoms with Crippen molar-refractivity contribution in [3.05, 3.63) is 24.3 Å². The summed E-state index contributed by atoms with van der Waals surface area (Å²) >= 11 is 0. The number of carboxylic acid groups (broad SMARTS) is 1. The molecule has 0 aromatic carbocycles. The quantitative estimate of drug-likeness (QED) is 0.869. The summed E-state index contributed by atoms with van der Waals surface area (Å²) in [6, 6.07) is 3.49. The molecule has 0 aliphatic heterocycles. The first kappa shape index (κ1) is 13.9. The van der Waals surface area contributed by atoms with Crippen molar-refractivity contribution in [1.82, 2.24) is 10.1 Å². The standard InChI is InChI=1S/C15H18N2O4/c18-14(19)15(7-3-1-2-4-8-15)10-12-16-13(17-21-12)11-6-5-9-20-11/h5-6,9H,1-4,7-8,10H2,(H,18,19). The van der Waals surface area contributed by atoms with E-state index in [1.54, 1.807) is 12.1 Å². The summed E-state index contributed by atoms with van der Waals surface area (Å²) in [7, 11) is 0. The summed E-state index contributed by atoms with van der Waals surface area (Å²) in [5.41, 5.74) is -0.774. The summed E-state index contributed by atoms with van der Waals surface area (Å²) < 4.78 is 10.4. The maximum atomic E-state index is 11.8. The minimum Gasteiger partial charge on any atom is -0.481 e. The van der Waals surface area contributed by atoms with E-state index in [9.17, 15) is 9.90 Å². The lowest BCUT2D eigenvalue weighted by molar-refractivity contribution is -0.150. The van der Waals surface area contributed by atoms with Gasteiger partial charge in [0.25, 0.3) is 0 Å². The van der Waals surface area contributed by atoms with Gasteiger partial charge in [-0.2, -0.15) is 4.98 Å². The van der Waals surface area contributed by atoms with Crippen molar-refractivity contribution in [2.45, 2.75) is 44.9 Å². The van der Waals surface area contributed by atoms with Crippen LogP contribution in [-0.2, 0) is 11.2 Å². The van der Waals surface area contributed by atoms with Crippen LogP contribution in [0.25, 0.3) is 11.6 Å². The number of aromatic nitrogens is 2. The molecule has 6 heteroatoms. The monoisotopic (exact) mass is 290 g/mol. The van der Waals surface area contributed by atoms with Gasteiger partial charge in [-0.05, 0) is 25.0 Å². The number of aliphatic carboxylic acids is 1. The molecule has 0 radical (unpaired) electrons. The van der Waals surface area contributed by atoms with Gasteiger partial charge in [0, 0.05) is 6.42 Å². The van der Waals surface area contributed by atoms with Gasteiger partial charge in [-0.3, -0.25) is 4.79 Å². The smallest absolute Gasteiger partial charge is 0.310 e. The Bertz CT molecular complexity index is 595. The third-order valence-corrected chi connectivity index (χ3v) is 4.21. The van der Waals surface area contributed by atoms with Crippen molar-refractivity contribution in [3.8, 4) is 11.6 Å². The second kappa shape index (κ2) is 5.71. The fraction of sp³-hybridized carbons (Fsp3) is 0.533. The second-order valence-electron chi connectivity index (χ2n) is 5.67. The Labute approximate surface area is 122 Å². The highest BCUT2D eigenvalue weighted by molar-refractivity contribution is 5.75. The van der Waals surface area contributed by atoms with Gasteiger partial charge >= 0.3 is 5.97 Å². The Morgan fingerprint density at radius 2 is 2.05 bits per heavy atom. The SMILES string of the molecule is O=C(O)C1(Cc2nc(-c3ccco3)no2)CCCCCC1. The lowest BCUT2D eigenvalue weighted by Gasteiger charge is -2.26. The maximum absolute atomic E-state index is 11.8. The lowest BCUT2D eigenvalue weighted by atomic mass is 9.77. The largest absolute Gasteiger partial charge is 0.481 e. The van der Waals surface area contributed by atoms with Crippen LogP contribution in [0.5, 0.6) is 0 Å². The van der Waals surface area contributed by atoms with Gasteiger partial charge in [0.1, 0.15) is 0 Å². The first-order chi connectivity index (χ1) is 10.2. The van der Waals surface area contributed by atoms with E-state index in [-0.39, 0.29) is 6.42 Å². The summed E-state index contributed by atoms with van der Waals surface area (Å²) in [5.74, 6) is 0.493. The van der Waals surface area contributed by atoms with Gasteiger partial charge in [-0.15, -0.1) is 0 Å². The molecule has 0 amide bonds. The molecular weight excluding hydrogens is 272 g/mol. The molecule has 0 spiro atoms. The van der Waals surface area contributed by atoms with E-state index in [0.717, 1.165) is 25.7 Å². The molecule has 0 bridgehead atoms. The Morgan fingerprint density at radius 3 is 2.67 bits per heavy atom. The molecule has 3 rings (SSSR count). The number of hydrogen-bond acceptors (Lipinski definition) is 5. The van der Waals surface area contributed by atoms with Crippen molar-refractivity contribution in [2.24, 2.45) is 5.41 Å². The third-order valence-electron chi connectivity index (χ3n) is 4.21. The second-order valence-corrected chi connectivity index (χ2v) is 5.67. The molecule has 0 saturated heterocycles. The third kappa shape index (κ3) is 2.84. The predicted molar refractivity (Wildman–Crippen MR) is 73.5 cm³/mol. The van der Waals surface area contributed by atoms with Crippen LogP contribution in [0.4, 0.5) is 0 Å². The zero-order chi connectivity index (χ0) is 14.7. The number of rotatable bonds is 4.